The van der Waals surface area contributed by atoms with Crippen LogP contribution >= 0.6 is 11.3 Å². The van der Waals surface area contributed by atoms with Crippen LogP contribution < -0.4 is 5.32 Å². The van der Waals surface area contributed by atoms with E-state index in [4.69, 9.17) is 4.52 Å². The molecule has 0 fully saturated rings. The van der Waals surface area contributed by atoms with E-state index in [-0.39, 0.29) is 11.9 Å². The first-order valence-corrected chi connectivity index (χ1v) is 11.5. The molecule has 30 heavy (non-hydrogen) atoms. The zero-order valence-corrected chi connectivity index (χ0v) is 18.2. The highest BCUT2D eigenvalue weighted by molar-refractivity contribution is 7.09. The third kappa shape index (κ3) is 5.15. The molecule has 4 rings (SSSR count). The number of hydrogen-bond donors (Lipinski definition) is 1. The Labute approximate surface area is 181 Å². The summed E-state index contributed by atoms with van der Waals surface area (Å²) in [6.07, 6.45) is 4.52. The van der Waals surface area contributed by atoms with Gasteiger partial charge in [-0.2, -0.15) is 4.98 Å². The maximum atomic E-state index is 13.1. The maximum absolute atomic E-state index is 13.1. The number of thiophene rings is 1. The van der Waals surface area contributed by atoms with Gasteiger partial charge < -0.3 is 9.84 Å². The van der Waals surface area contributed by atoms with Crippen molar-refractivity contribution in [2.45, 2.75) is 58.2 Å². The Morgan fingerprint density at radius 3 is 2.90 bits per heavy atom. The number of hydrogen-bond acceptors (Lipinski definition) is 6. The molecule has 0 spiro atoms. The predicted octanol–water partition coefficient (Wildman–Crippen LogP) is 3.76. The van der Waals surface area contributed by atoms with Gasteiger partial charge in [0.2, 0.25) is 11.8 Å². The lowest BCUT2D eigenvalue weighted by Crippen LogP contribution is -2.50. The molecule has 0 aliphatic carbocycles. The van der Waals surface area contributed by atoms with Gasteiger partial charge in [0.25, 0.3) is 0 Å². The van der Waals surface area contributed by atoms with Crippen LogP contribution in [-0.2, 0) is 37.1 Å². The van der Waals surface area contributed by atoms with E-state index in [9.17, 15) is 4.79 Å². The molecular weight excluding hydrogens is 396 g/mol. The number of aromatic nitrogens is 2. The minimum absolute atomic E-state index is 0.0618. The summed E-state index contributed by atoms with van der Waals surface area (Å²) in [5.41, 5.74) is 2.49. The van der Waals surface area contributed by atoms with E-state index in [0.29, 0.717) is 31.9 Å². The first-order valence-electron chi connectivity index (χ1n) is 10.7. The van der Waals surface area contributed by atoms with Crippen LogP contribution in [0.5, 0.6) is 0 Å². The number of amides is 1. The van der Waals surface area contributed by atoms with Gasteiger partial charge in [0.05, 0.1) is 12.6 Å². The van der Waals surface area contributed by atoms with Crippen molar-refractivity contribution in [3.05, 3.63) is 69.5 Å². The number of benzene rings is 1. The Morgan fingerprint density at radius 2 is 2.10 bits per heavy atom. The highest BCUT2D eigenvalue weighted by Gasteiger charge is 2.32. The number of carbonyl (C=O) groups excluding carboxylic acids is 1. The molecule has 3 aromatic rings. The maximum Gasteiger partial charge on any atom is 0.240 e. The molecule has 2 aromatic heterocycles. The average Bonchev–Trinajstić information content (AvgIpc) is 3.44. The molecule has 0 saturated carbocycles. The third-order valence-corrected chi connectivity index (χ3v) is 6.44. The number of unbranched alkanes of at least 4 members (excludes halogenated alkanes) is 1. The number of rotatable bonds is 9. The standard InChI is InChI=1S/C23H28N4O2S/c1-2-3-10-21-25-22(29-26-21)16-27-15-18-8-5-4-7-17(18)14-20(27)23(28)24-12-11-19-9-6-13-30-19/h4-9,13,20H,2-3,10-12,14-16H2,1H3,(H,24,28). The molecule has 1 atom stereocenters. The van der Waals surface area contributed by atoms with Gasteiger partial charge in [-0.25, -0.2) is 0 Å². The molecule has 0 saturated heterocycles. The van der Waals surface area contributed by atoms with Crippen LogP contribution in [0.3, 0.4) is 0 Å². The normalized spacial score (nSPS) is 16.4. The average molecular weight is 425 g/mol. The van der Waals surface area contributed by atoms with E-state index in [2.05, 4.69) is 50.9 Å². The van der Waals surface area contributed by atoms with Crippen molar-refractivity contribution in [2.24, 2.45) is 0 Å². The number of carbonyl (C=O) groups is 1. The molecule has 1 aliphatic heterocycles. The summed E-state index contributed by atoms with van der Waals surface area (Å²) in [6.45, 7) is 3.98. The second-order valence-corrected chi connectivity index (χ2v) is 8.75. The summed E-state index contributed by atoms with van der Waals surface area (Å²) in [6, 6.07) is 12.2. The first-order chi connectivity index (χ1) is 14.7. The molecule has 158 valence electrons. The minimum Gasteiger partial charge on any atom is -0.354 e. The zero-order chi connectivity index (χ0) is 20.8. The van der Waals surface area contributed by atoms with Gasteiger partial charge in [-0.05, 0) is 41.8 Å². The van der Waals surface area contributed by atoms with E-state index < -0.39 is 0 Å². The lowest BCUT2D eigenvalue weighted by molar-refractivity contribution is -0.127. The Balaban J connectivity index is 1.44. The highest BCUT2D eigenvalue weighted by Crippen LogP contribution is 2.25. The molecule has 1 unspecified atom stereocenters. The van der Waals surface area contributed by atoms with Gasteiger partial charge in [-0.15, -0.1) is 11.3 Å². The summed E-state index contributed by atoms with van der Waals surface area (Å²) >= 11 is 1.72. The van der Waals surface area contributed by atoms with Crippen LogP contribution in [0.4, 0.5) is 0 Å². The largest absolute Gasteiger partial charge is 0.354 e. The van der Waals surface area contributed by atoms with Gasteiger partial charge in [-0.3, -0.25) is 9.69 Å². The summed E-state index contributed by atoms with van der Waals surface area (Å²) in [5.74, 6) is 1.39. The van der Waals surface area contributed by atoms with Crippen LogP contribution in [-0.4, -0.2) is 33.5 Å². The monoisotopic (exact) mass is 424 g/mol. The lowest BCUT2D eigenvalue weighted by Gasteiger charge is -2.35. The van der Waals surface area contributed by atoms with E-state index >= 15 is 0 Å². The third-order valence-electron chi connectivity index (χ3n) is 5.50. The van der Waals surface area contributed by atoms with Crippen molar-refractivity contribution in [3.8, 4) is 0 Å². The first kappa shape index (κ1) is 20.8. The van der Waals surface area contributed by atoms with E-state index in [0.717, 1.165) is 31.5 Å². The zero-order valence-electron chi connectivity index (χ0n) is 17.3. The molecule has 0 bridgehead atoms. The van der Waals surface area contributed by atoms with Crippen molar-refractivity contribution in [1.82, 2.24) is 20.4 Å². The minimum atomic E-state index is -0.241. The molecule has 0 radical (unpaired) electrons. The van der Waals surface area contributed by atoms with Crippen molar-refractivity contribution in [3.63, 3.8) is 0 Å². The Kier molecular flexibility index (Phi) is 6.92. The van der Waals surface area contributed by atoms with Gasteiger partial charge in [0.15, 0.2) is 5.82 Å². The fourth-order valence-electron chi connectivity index (χ4n) is 3.85. The van der Waals surface area contributed by atoms with E-state index in [1.807, 2.05) is 18.2 Å². The summed E-state index contributed by atoms with van der Waals surface area (Å²) in [4.78, 5) is 21.0. The van der Waals surface area contributed by atoms with E-state index in [1.165, 1.54) is 16.0 Å². The summed E-state index contributed by atoms with van der Waals surface area (Å²) < 4.78 is 5.48. The van der Waals surface area contributed by atoms with Gasteiger partial charge >= 0.3 is 0 Å². The van der Waals surface area contributed by atoms with Gasteiger partial charge in [0.1, 0.15) is 0 Å². The molecule has 7 heteroatoms. The van der Waals surface area contributed by atoms with Crippen molar-refractivity contribution >= 4 is 17.2 Å². The van der Waals surface area contributed by atoms with Crippen LogP contribution in [0, 0.1) is 0 Å². The van der Waals surface area contributed by atoms with Gasteiger partial charge in [0, 0.05) is 24.4 Å². The summed E-state index contributed by atoms with van der Waals surface area (Å²) in [5, 5.41) is 9.29. The fraction of sp³-hybridized carbons (Fsp3) is 0.435. The van der Waals surface area contributed by atoms with Crippen LogP contribution in [0.2, 0.25) is 0 Å². The predicted molar refractivity (Wildman–Crippen MR) is 117 cm³/mol. The highest BCUT2D eigenvalue weighted by atomic mass is 32.1. The molecule has 6 nitrogen and oxygen atoms in total. The quantitative estimate of drug-likeness (QED) is 0.566. The summed E-state index contributed by atoms with van der Waals surface area (Å²) in [7, 11) is 0. The smallest absolute Gasteiger partial charge is 0.240 e. The second-order valence-electron chi connectivity index (χ2n) is 7.72. The lowest BCUT2D eigenvalue weighted by atomic mass is 9.93. The number of nitrogens with zero attached hydrogens (tertiary/aromatic N) is 3. The number of fused-ring (bicyclic) bond motifs is 1. The molecule has 3 heterocycles. The van der Waals surface area contributed by atoms with Crippen LogP contribution in [0.25, 0.3) is 0 Å². The second kappa shape index (κ2) is 10.00. The van der Waals surface area contributed by atoms with Crippen molar-refractivity contribution in [2.75, 3.05) is 6.54 Å². The van der Waals surface area contributed by atoms with Crippen LogP contribution in [0.15, 0.2) is 46.3 Å². The Bertz CT molecular complexity index is 954. The topological polar surface area (TPSA) is 71.3 Å². The van der Waals surface area contributed by atoms with Crippen LogP contribution in [0.1, 0.15) is 47.5 Å². The van der Waals surface area contributed by atoms with Crippen molar-refractivity contribution in [1.29, 1.82) is 0 Å². The molecule has 1 amide bonds. The number of aryl methyl sites for hydroxylation is 1. The van der Waals surface area contributed by atoms with Gasteiger partial charge in [-0.1, -0.05) is 48.8 Å². The Hall–Kier alpha value is -2.51. The molecule has 1 N–H and O–H groups in total. The molecule has 1 aromatic carbocycles. The number of nitrogens with one attached hydrogen (secondary N) is 1. The Morgan fingerprint density at radius 1 is 1.23 bits per heavy atom. The molecule has 1 aliphatic rings. The SMILES string of the molecule is CCCCc1noc(CN2Cc3ccccc3CC2C(=O)NCCc2cccs2)n1. The van der Waals surface area contributed by atoms with E-state index in [1.54, 1.807) is 11.3 Å². The van der Waals surface area contributed by atoms with Crippen molar-refractivity contribution < 1.29 is 9.32 Å². The fourth-order valence-corrected chi connectivity index (χ4v) is 4.56. The molecular formula is C23H28N4O2S.